The lowest BCUT2D eigenvalue weighted by molar-refractivity contribution is -0.125. The summed E-state index contributed by atoms with van der Waals surface area (Å²) in [6, 6.07) is 27.5. The third kappa shape index (κ3) is 4.75. The highest BCUT2D eigenvalue weighted by molar-refractivity contribution is 7.99. The number of benzene rings is 3. The Kier molecular flexibility index (Phi) is 6.22. The summed E-state index contributed by atoms with van der Waals surface area (Å²) in [4.78, 5) is 17.9. The van der Waals surface area contributed by atoms with Crippen molar-refractivity contribution >= 4 is 45.7 Å². The molecule has 6 heteroatoms. The van der Waals surface area contributed by atoms with Gasteiger partial charge in [0, 0.05) is 22.9 Å². The summed E-state index contributed by atoms with van der Waals surface area (Å²) in [5, 5.41) is 1.10. The fraction of sp³-hybridized carbons (Fsp3) is 0.172. The van der Waals surface area contributed by atoms with Crippen LogP contribution in [0.3, 0.4) is 0 Å². The van der Waals surface area contributed by atoms with Crippen molar-refractivity contribution in [3.05, 3.63) is 102 Å². The van der Waals surface area contributed by atoms with Crippen LogP contribution in [0.25, 0.3) is 22.2 Å². The lowest BCUT2D eigenvalue weighted by atomic mass is 9.92. The molecule has 1 aromatic heterocycles. The number of pyridine rings is 1. The Bertz CT molecular complexity index is 1410. The maximum Gasteiger partial charge on any atom is 0.210 e. The first-order chi connectivity index (χ1) is 16.9. The van der Waals surface area contributed by atoms with Gasteiger partial charge in [0.25, 0.3) is 0 Å². The molecule has 0 atom stereocenters. The molecule has 176 valence electrons. The predicted octanol–water partition coefficient (Wildman–Crippen LogP) is 6.75. The van der Waals surface area contributed by atoms with Crippen molar-refractivity contribution in [3.8, 4) is 5.75 Å². The number of rotatable bonds is 7. The number of carbonyl (C=O) groups excluding carboxylic acids is 1. The van der Waals surface area contributed by atoms with Gasteiger partial charge < -0.3 is 14.2 Å². The third-order valence-corrected chi connectivity index (χ3v) is 6.35. The SMILES string of the molecule is CSNc1ccc(C2=C(c3ccc(OCc4ccc5ccccc5n4)cc3)C(=O)C(C)(C)O2)cc1. The molecule has 0 saturated heterocycles. The number of Topliss-reactive ketones (excluding diaryl/α,β-unsaturated/α-hetero) is 1. The first-order valence-corrected chi connectivity index (χ1v) is 12.6. The maximum absolute atomic E-state index is 13.2. The van der Waals surface area contributed by atoms with Gasteiger partial charge in [-0.05, 0) is 67.9 Å². The predicted molar refractivity (Wildman–Crippen MR) is 143 cm³/mol. The zero-order valence-electron chi connectivity index (χ0n) is 19.9. The fourth-order valence-corrected chi connectivity index (χ4v) is 4.47. The zero-order valence-corrected chi connectivity index (χ0v) is 20.7. The van der Waals surface area contributed by atoms with Gasteiger partial charge in [0.05, 0.1) is 16.8 Å². The first-order valence-electron chi connectivity index (χ1n) is 11.4. The van der Waals surface area contributed by atoms with E-state index in [1.54, 1.807) is 13.8 Å². The molecule has 5 rings (SSSR count). The quantitative estimate of drug-likeness (QED) is 0.294. The molecule has 0 spiro atoms. The van der Waals surface area contributed by atoms with Crippen LogP contribution >= 0.6 is 11.9 Å². The number of ketones is 1. The summed E-state index contributed by atoms with van der Waals surface area (Å²) in [5.74, 6) is 1.28. The van der Waals surface area contributed by atoms with Gasteiger partial charge in [-0.3, -0.25) is 4.79 Å². The van der Waals surface area contributed by atoms with Crippen LogP contribution in [0.1, 0.15) is 30.7 Å². The van der Waals surface area contributed by atoms with Gasteiger partial charge in [-0.2, -0.15) is 0 Å². The molecule has 35 heavy (non-hydrogen) atoms. The smallest absolute Gasteiger partial charge is 0.210 e. The van der Waals surface area contributed by atoms with E-state index >= 15 is 0 Å². The Balaban J connectivity index is 1.38. The monoisotopic (exact) mass is 482 g/mol. The van der Waals surface area contributed by atoms with Crippen LogP contribution in [0.2, 0.25) is 0 Å². The van der Waals surface area contributed by atoms with Crippen molar-refractivity contribution in [1.82, 2.24) is 4.98 Å². The standard InChI is InChI=1S/C29H26N2O3S/c1-29(2)28(32)26(27(34-29)21-9-13-22(14-10-21)31-35-3)20-11-16-24(17-12-20)33-18-23-15-8-19-6-4-5-7-25(19)30-23/h4-17,31H,18H2,1-3H3. The van der Waals surface area contributed by atoms with Gasteiger partial charge in [0.2, 0.25) is 5.78 Å². The Hall–Kier alpha value is -3.77. The number of aromatic nitrogens is 1. The van der Waals surface area contributed by atoms with E-state index in [0.29, 0.717) is 23.7 Å². The van der Waals surface area contributed by atoms with Gasteiger partial charge in [-0.25, -0.2) is 4.98 Å². The maximum atomic E-state index is 13.2. The van der Waals surface area contributed by atoms with Crippen molar-refractivity contribution in [1.29, 1.82) is 0 Å². The minimum absolute atomic E-state index is 0.0344. The van der Waals surface area contributed by atoms with Gasteiger partial charge in [0.1, 0.15) is 18.1 Å². The second-order valence-electron chi connectivity index (χ2n) is 8.84. The van der Waals surface area contributed by atoms with Crippen LogP contribution in [0.5, 0.6) is 5.75 Å². The molecule has 0 aliphatic carbocycles. The molecule has 5 nitrogen and oxygen atoms in total. The summed E-state index contributed by atoms with van der Waals surface area (Å²) >= 11 is 1.53. The van der Waals surface area contributed by atoms with Crippen molar-refractivity contribution < 1.29 is 14.3 Å². The summed E-state index contributed by atoms with van der Waals surface area (Å²) in [6.45, 7) is 3.98. The van der Waals surface area contributed by atoms with Crippen molar-refractivity contribution in [2.45, 2.75) is 26.1 Å². The fourth-order valence-electron chi connectivity index (χ4n) is 4.09. The van der Waals surface area contributed by atoms with E-state index in [4.69, 9.17) is 9.47 Å². The number of fused-ring (bicyclic) bond motifs is 1. The summed E-state index contributed by atoms with van der Waals surface area (Å²) in [5.41, 5.74) is 4.14. The Labute approximate surface area is 209 Å². The van der Waals surface area contributed by atoms with Gasteiger partial charge >= 0.3 is 0 Å². The average Bonchev–Trinajstić information content (AvgIpc) is 3.12. The van der Waals surface area contributed by atoms with E-state index in [1.165, 1.54) is 11.9 Å². The minimum atomic E-state index is -0.919. The Morgan fingerprint density at radius 3 is 2.37 bits per heavy atom. The van der Waals surface area contributed by atoms with Gasteiger partial charge in [0.15, 0.2) is 5.60 Å². The van der Waals surface area contributed by atoms with Crippen LogP contribution in [0, 0.1) is 0 Å². The highest BCUT2D eigenvalue weighted by atomic mass is 32.2. The lowest BCUT2D eigenvalue weighted by Crippen LogP contribution is -2.29. The molecule has 0 fully saturated rings. The number of anilines is 1. The van der Waals surface area contributed by atoms with Crippen LogP contribution in [-0.4, -0.2) is 22.6 Å². The topological polar surface area (TPSA) is 60.5 Å². The molecule has 4 aromatic rings. The number of carbonyl (C=O) groups is 1. The third-order valence-electron chi connectivity index (χ3n) is 5.91. The number of nitrogens with zero attached hydrogens (tertiary/aromatic N) is 1. The highest BCUT2D eigenvalue weighted by Gasteiger charge is 2.42. The Morgan fingerprint density at radius 2 is 1.63 bits per heavy atom. The highest BCUT2D eigenvalue weighted by Crippen LogP contribution is 2.41. The first kappa shape index (κ1) is 23.0. The molecule has 1 N–H and O–H groups in total. The number of hydrogen-bond acceptors (Lipinski definition) is 6. The van der Waals surface area contributed by atoms with E-state index < -0.39 is 5.60 Å². The second kappa shape index (κ2) is 9.47. The van der Waals surface area contributed by atoms with Crippen LogP contribution in [-0.2, 0) is 16.1 Å². The van der Waals surface area contributed by atoms with E-state index in [9.17, 15) is 4.79 Å². The van der Waals surface area contributed by atoms with Crippen molar-refractivity contribution in [2.24, 2.45) is 0 Å². The van der Waals surface area contributed by atoms with E-state index in [-0.39, 0.29) is 5.78 Å². The molecule has 3 aromatic carbocycles. The normalized spacial score (nSPS) is 14.8. The molecule has 0 unspecified atom stereocenters. The largest absolute Gasteiger partial charge is 0.487 e. The zero-order chi connectivity index (χ0) is 24.4. The average molecular weight is 483 g/mol. The van der Waals surface area contributed by atoms with E-state index in [1.807, 2.05) is 85.1 Å². The summed E-state index contributed by atoms with van der Waals surface area (Å²) < 4.78 is 15.3. The van der Waals surface area contributed by atoms with Crippen molar-refractivity contribution in [2.75, 3.05) is 11.0 Å². The molecule has 0 amide bonds. The molecule has 0 saturated carbocycles. The molecular formula is C29H26N2O3S. The van der Waals surface area contributed by atoms with Crippen molar-refractivity contribution in [3.63, 3.8) is 0 Å². The molecular weight excluding hydrogens is 456 g/mol. The van der Waals surface area contributed by atoms with Crippen LogP contribution in [0.15, 0.2) is 84.9 Å². The minimum Gasteiger partial charge on any atom is -0.487 e. The van der Waals surface area contributed by atoms with Gasteiger partial charge in [-0.15, -0.1) is 0 Å². The summed E-state index contributed by atoms with van der Waals surface area (Å²) in [7, 11) is 0. The van der Waals surface area contributed by atoms with E-state index in [0.717, 1.165) is 33.4 Å². The number of nitrogens with one attached hydrogen (secondary N) is 1. The molecule has 0 radical (unpaired) electrons. The lowest BCUT2D eigenvalue weighted by Gasteiger charge is -2.18. The number of hydrogen-bond donors (Lipinski definition) is 1. The van der Waals surface area contributed by atoms with Gasteiger partial charge in [-0.1, -0.05) is 48.3 Å². The Morgan fingerprint density at radius 1 is 0.914 bits per heavy atom. The molecule has 1 aliphatic heterocycles. The molecule has 1 aliphatic rings. The van der Waals surface area contributed by atoms with E-state index in [2.05, 4.69) is 15.8 Å². The summed E-state index contributed by atoms with van der Waals surface area (Å²) in [6.07, 6.45) is 1.97. The molecule has 2 heterocycles. The number of para-hydroxylation sites is 1. The second-order valence-corrected chi connectivity index (χ2v) is 9.45. The van der Waals surface area contributed by atoms with Crippen LogP contribution < -0.4 is 9.46 Å². The van der Waals surface area contributed by atoms with Crippen LogP contribution in [0.4, 0.5) is 5.69 Å². The molecule has 0 bridgehead atoms. The number of ether oxygens (including phenoxy) is 2.